The van der Waals surface area contributed by atoms with Crippen LogP contribution in [0, 0.1) is 0 Å². The van der Waals surface area contributed by atoms with Gasteiger partial charge in [0.05, 0.1) is 6.61 Å². The van der Waals surface area contributed by atoms with Gasteiger partial charge in [-0.1, -0.05) is 36.4 Å². The second kappa shape index (κ2) is 7.98. The SMILES string of the molecule is COCC(N)C(=O)N(C)Cc1ccc2ccccc2c1.Cl. The maximum Gasteiger partial charge on any atom is 0.241 e. The number of rotatable bonds is 5. The molecule has 2 N–H and O–H groups in total. The van der Waals surface area contributed by atoms with Gasteiger partial charge in [0, 0.05) is 20.7 Å². The molecule has 114 valence electrons. The molecule has 2 rings (SSSR count). The first kappa shape index (κ1) is 17.4. The minimum Gasteiger partial charge on any atom is -0.383 e. The Morgan fingerprint density at radius 1 is 1.24 bits per heavy atom. The quantitative estimate of drug-likeness (QED) is 0.921. The Bertz CT molecular complexity index is 604. The molecule has 1 unspecified atom stereocenters. The minimum atomic E-state index is -0.606. The van der Waals surface area contributed by atoms with E-state index in [0.717, 1.165) is 5.56 Å². The van der Waals surface area contributed by atoms with E-state index in [2.05, 4.69) is 24.3 Å². The third kappa shape index (κ3) is 4.43. The van der Waals surface area contributed by atoms with Gasteiger partial charge < -0.3 is 15.4 Å². The van der Waals surface area contributed by atoms with Crippen molar-refractivity contribution in [2.45, 2.75) is 12.6 Å². The number of methoxy groups -OCH3 is 1. The number of hydrogen-bond acceptors (Lipinski definition) is 3. The lowest BCUT2D eigenvalue weighted by atomic mass is 10.1. The van der Waals surface area contributed by atoms with Crippen molar-refractivity contribution in [1.82, 2.24) is 4.90 Å². The lowest BCUT2D eigenvalue weighted by Gasteiger charge is -2.21. The number of fused-ring (bicyclic) bond motifs is 1. The van der Waals surface area contributed by atoms with Gasteiger partial charge in [-0.25, -0.2) is 0 Å². The Balaban J connectivity index is 0.00000220. The molecule has 0 bridgehead atoms. The number of ether oxygens (including phenoxy) is 1. The molecule has 0 heterocycles. The molecule has 2 aromatic rings. The maximum absolute atomic E-state index is 12.0. The summed E-state index contributed by atoms with van der Waals surface area (Å²) in [6.45, 7) is 0.780. The summed E-state index contributed by atoms with van der Waals surface area (Å²) in [5.74, 6) is -0.111. The van der Waals surface area contributed by atoms with Crippen LogP contribution in [0.1, 0.15) is 5.56 Å². The Morgan fingerprint density at radius 2 is 1.90 bits per heavy atom. The summed E-state index contributed by atoms with van der Waals surface area (Å²) in [5, 5.41) is 2.37. The van der Waals surface area contributed by atoms with Gasteiger partial charge in [-0.05, 0) is 22.4 Å². The third-order valence-corrected chi connectivity index (χ3v) is 3.27. The molecule has 0 saturated heterocycles. The molecule has 0 aliphatic rings. The van der Waals surface area contributed by atoms with E-state index in [0.29, 0.717) is 6.54 Å². The van der Waals surface area contributed by atoms with Crippen molar-refractivity contribution < 1.29 is 9.53 Å². The van der Waals surface area contributed by atoms with Crippen LogP contribution in [0.15, 0.2) is 42.5 Å². The Hall–Kier alpha value is -1.62. The number of carbonyl (C=O) groups is 1. The zero-order valence-electron chi connectivity index (χ0n) is 12.3. The number of carbonyl (C=O) groups excluding carboxylic acids is 1. The van der Waals surface area contributed by atoms with E-state index in [1.54, 1.807) is 11.9 Å². The summed E-state index contributed by atoms with van der Waals surface area (Å²) in [5.41, 5.74) is 6.84. The first-order chi connectivity index (χ1) is 9.61. The highest BCUT2D eigenvalue weighted by molar-refractivity contribution is 5.85. The van der Waals surface area contributed by atoms with Crippen LogP contribution in [-0.4, -0.2) is 37.6 Å². The van der Waals surface area contributed by atoms with Gasteiger partial charge in [-0.3, -0.25) is 4.79 Å². The summed E-state index contributed by atoms with van der Waals surface area (Å²) in [6, 6.07) is 13.8. The van der Waals surface area contributed by atoms with Gasteiger partial charge in [0.1, 0.15) is 6.04 Å². The molecule has 2 aromatic carbocycles. The molecule has 0 aliphatic carbocycles. The standard InChI is InChI=1S/C16H20N2O2.ClH/c1-18(16(19)15(17)11-20-2)10-12-7-8-13-5-3-4-6-14(13)9-12;/h3-9,15H,10-11,17H2,1-2H3;1H. The largest absolute Gasteiger partial charge is 0.383 e. The van der Waals surface area contributed by atoms with Crippen LogP contribution in [0.25, 0.3) is 10.8 Å². The van der Waals surface area contributed by atoms with Crippen molar-refractivity contribution in [3.63, 3.8) is 0 Å². The normalized spacial score (nSPS) is 11.8. The van der Waals surface area contributed by atoms with Crippen LogP contribution in [0.4, 0.5) is 0 Å². The smallest absolute Gasteiger partial charge is 0.241 e. The first-order valence-electron chi connectivity index (χ1n) is 6.59. The Kier molecular flexibility index (Phi) is 6.62. The average Bonchev–Trinajstić information content (AvgIpc) is 2.46. The van der Waals surface area contributed by atoms with Gasteiger partial charge in [0.15, 0.2) is 0 Å². The maximum atomic E-state index is 12.0. The number of nitrogens with two attached hydrogens (primary N) is 1. The summed E-state index contributed by atoms with van der Waals surface area (Å²) in [6.07, 6.45) is 0. The van der Waals surface area contributed by atoms with Crippen molar-refractivity contribution in [3.8, 4) is 0 Å². The predicted molar refractivity (Wildman–Crippen MR) is 87.5 cm³/mol. The van der Waals surface area contributed by atoms with E-state index in [4.69, 9.17) is 10.5 Å². The van der Waals surface area contributed by atoms with E-state index in [1.165, 1.54) is 17.9 Å². The summed E-state index contributed by atoms with van der Waals surface area (Å²) in [4.78, 5) is 13.7. The van der Waals surface area contributed by atoms with Crippen LogP contribution < -0.4 is 5.73 Å². The van der Waals surface area contributed by atoms with Gasteiger partial charge in [0.25, 0.3) is 0 Å². The van der Waals surface area contributed by atoms with Crippen LogP contribution in [0.3, 0.4) is 0 Å². The molecule has 4 nitrogen and oxygen atoms in total. The molecule has 21 heavy (non-hydrogen) atoms. The van der Waals surface area contributed by atoms with Crippen LogP contribution >= 0.6 is 12.4 Å². The van der Waals surface area contributed by atoms with Gasteiger partial charge in [-0.15, -0.1) is 12.4 Å². The summed E-state index contributed by atoms with van der Waals surface area (Å²) < 4.78 is 4.91. The predicted octanol–water partition coefficient (Wildman–Crippen LogP) is 2.19. The fourth-order valence-electron chi connectivity index (χ4n) is 2.22. The van der Waals surface area contributed by atoms with Crippen molar-refractivity contribution in [3.05, 3.63) is 48.0 Å². The molecule has 0 fully saturated rings. The van der Waals surface area contributed by atoms with Crippen LogP contribution in [-0.2, 0) is 16.1 Å². The van der Waals surface area contributed by atoms with Gasteiger partial charge >= 0.3 is 0 Å². The zero-order valence-corrected chi connectivity index (χ0v) is 13.1. The van der Waals surface area contributed by atoms with E-state index >= 15 is 0 Å². The van der Waals surface area contributed by atoms with E-state index in [9.17, 15) is 4.79 Å². The fraction of sp³-hybridized carbons (Fsp3) is 0.312. The third-order valence-electron chi connectivity index (χ3n) is 3.27. The molecular weight excluding hydrogens is 288 g/mol. The number of likely N-dealkylation sites (N-methyl/N-ethyl adjacent to an activating group) is 1. The summed E-state index contributed by atoms with van der Waals surface area (Å²) >= 11 is 0. The van der Waals surface area contributed by atoms with Crippen LogP contribution in [0.2, 0.25) is 0 Å². The van der Waals surface area contributed by atoms with E-state index in [1.807, 2.05) is 18.2 Å². The van der Waals surface area contributed by atoms with Crippen molar-refractivity contribution in [1.29, 1.82) is 0 Å². The highest BCUT2D eigenvalue weighted by Gasteiger charge is 2.17. The monoisotopic (exact) mass is 308 g/mol. The fourth-order valence-corrected chi connectivity index (χ4v) is 2.22. The number of nitrogens with zero attached hydrogens (tertiary/aromatic N) is 1. The highest BCUT2D eigenvalue weighted by Crippen LogP contribution is 2.16. The molecule has 1 atom stereocenters. The molecule has 1 amide bonds. The van der Waals surface area contributed by atoms with Gasteiger partial charge in [-0.2, -0.15) is 0 Å². The molecule has 0 saturated carbocycles. The van der Waals surface area contributed by atoms with Gasteiger partial charge in [0.2, 0.25) is 5.91 Å². The molecular formula is C16H21ClN2O2. The second-order valence-corrected chi connectivity index (χ2v) is 4.94. The molecule has 5 heteroatoms. The van der Waals surface area contributed by atoms with Crippen molar-refractivity contribution in [2.24, 2.45) is 5.73 Å². The number of hydrogen-bond donors (Lipinski definition) is 1. The Labute approximate surface area is 131 Å². The molecule has 0 spiro atoms. The van der Waals surface area contributed by atoms with Crippen LogP contribution in [0.5, 0.6) is 0 Å². The number of benzene rings is 2. The molecule has 0 aliphatic heterocycles. The summed E-state index contributed by atoms with van der Waals surface area (Å²) in [7, 11) is 3.30. The second-order valence-electron chi connectivity index (χ2n) is 4.94. The topological polar surface area (TPSA) is 55.6 Å². The Morgan fingerprint density at radius 3 is 2.57 bits per heavy atom. The zero-order chi connectivity index (χ0) is 14.5. The highest BCUT2D eigenvalue weighted by atomic mass is 35.5. The van der Waals surface area contributed by atoms with Crippen molar-refractivity contribution in [2.75, 3.05) is 20.8 Å². The van der Waals surface area contributed by atoms with Crippen molar-refractivity contribution >= 4 is 29.1 Å². The minimum absolute atomic E-state index is 0. The molecule has 0 radical (unpaired) electrons. The van der Waals surface area contributed by atoms with E-state index in [-0.39, 0.29) is 24.9 Å². The number of amides is 1. The number of halogens is 1. The lowest BCUT2D eigenvalue weighted by Crippen LogP contribution is -2.44. The molecule has 0 aromatic heterocycles. The van der Waals surface area contributed by atoms with E-state index < -0.39 is 6.04 Å². The average molecular weight is 309 g/mol. The first-order valence-corrected chi connectivity index (χ1v) is 6.59. The lowest BCUT2D eigenvalue weighted by molar-refractivity contribution is -0.132.